The molecule has 0 fully saturated rings. The molecule has 0 radical (unpaired) electrons. The van der Waals surface area contributed by atoms with E-state index < -0.39 is 6.10 Å². The number of rotatable bonds is 8. The van der Waals surface area contributed by atoms with E-state index in [1.807, 2.05) is 6.92 Å². The summed E-state index contributed by atoms with van der Waals surface area (Å²) in [6.45, 7) is 3.94. The van der Waals surface area contributed by atoms with Crippen LogP contribution in [-0.2, 0) is 6.42 Å². The number of hydrogen-bond acceptors (Lipinski definition) is 6. The molecule has 0 aliphatic rings. The number of aliphatic hydroxyl groups excluding tert-OH is 1. The number of aliphatic hydroxyl groups is 1. The highest BCUT2D eigenvalue weighted by molar-refractivity contribution is 7.15. The first-order valence-corrected chi connectivity index (χ1v) is 8.51. The van der Waals surface area contributed by atoms with E-state index in [9.17, 15) is 9.90 Å². The molecule has 0 aliphatic heterocycles. The Labute approximate surface area is 139 Å². The minimum Gasteiger partial charge on any atom is -0.467 e. The van der Waals surface area contributed by atoms with Crippen LogP contribution in [0.2, 0.25) is 0 Å². The highest BCUT2D eigenvalue weighted by Crippen LogP contribution is 2.19. The number of hydrogen-bond donors (Lipinski definition) is 3. The van der Waals surface area contributed by atoms with Gasteiger partial charge in [0.2, 0.25) is 5.13 Å². The summed E-state index contributed by atoms with van der Waals surface area (Å²) >= 11 is 1.38. The zero-order valence-corrected chi connectivity index (χ0v) is 14.1. The molecule has 2 rings (SSSR count). The molecule has 0 unspecified atom stereocenters. The van der Waals surface area contributed by atoms with Gasteiger partial charge in [0, 0.05) is 18.9 Å². The van der Waals surface area contributed by atoms with E-state index in [0.717, 1.165) is 24.3 Å². The first-order chi connectivity index (χ1) is 11.1. The first kappa shape index (κ1) is 17.4. The van der Waals surface area contributed by atoms with Gasteiger partial charge < -0.3 is 14.8 Å². The summed E-state index contributed by atoms with van der Waals surface area (Å²) in [4.78, 5) is 11.9. The smallest absolute Gasteiger partial charge is 0.321 e. The van der Waals surface area contributed by atoms with Gasteiger partial charge in [0.05, 0.1) is 6.26 Å². The maximum Gasteiger partial charge on any atom is 0.321 e. The maximum atomic E-state index is 11.9. The molecule has 126 valence electrons. The molecule has 0 aromatic carbocycles. The van der Waals surface area contributed by atoms with Crippen molar-refractivity contribution in [3.8, 4) is 0 Å². The number of nitrogens with zero attached hydrogens (tertiary/aromatic N) is 2. The van der Waals surface area contributed by atoms with Crippen molar-refractivity contribution in [2.45, 2.75) is 51.7 Å². The molecule has 8 heteroatoms. The quantitative estimate of drug-likeness (QED) is 0.686. The van der Waals surface area contributed by atoms with Gasteiger partial charge in [-0.1, -0.05) is 24.7 Å². The Morgan fingerprint density at radius 1 is 1.48 bits per heavy atom. The number of carbonyl (C=O) groups is 1. The van der Waals surface area contributed by atoms with Crippen molar-refractivity contribution < 1.29 is 14.3 Å². The van der Waals surface area contributed by atoms with Crippen LogP contribution < -0.4 is 10.6 Å². The topological polar surface area (TPSA) is 100 Å². The van der Waals surface area contributed by atoms with Gasteiger partial charge in [0.1, 0.15) is 16.9 Å². The summed E-state index contributed by atoms with van der Waals surface area (Å²) < 4.78 is 5.14. The van der Waals surface area contributed by atoms with E-state index in [4.69, 9.17) is 4.42 Å². The summed E-state index contributed by atoms with van der Waals surface area (Å²) in [5, 5.41) is 24.8. The van der Waals surface area contributed by atoms with Crippen molar-refractivity contribution in [2.75, 3.05) is 5.32 Å². The summed E-state index contributed by atoms with van der Waals surface area (Å²) in [7, 11) is 0. The molecule has 0 bridgehead atoms. The second kappa shape index (κ2) is 8.64. The average Bonchev–Trinajstić information content (AvgIpc) is 3.16. The van der Waals surface area contributed by atoms with Crippen LogP contribution in [0.4, 0.5) is 9.93 Å². The predicted molar refractivity (Wildman–Crippen MR) is 88.4 cm³/mol. The summed E-state index contributed by atoms with van der Waals surface area (Å²) in [5.41, 5.74) is 0. The average molecular weight is 338 g/mol. The van der Waals surface area contributed by atoms with Crippen LogP contribution in [0.15, 0.2) is 22.8 Å². The normalized spacial score (nSPS) is 13.5. The highest BCUT2D eigenvalue weighted by Gasteiger charge is 2.17. The lowest BCUT2D eigenvalue weighted by atomic mass is 10.1. The predicted octanol–water partition coefficient (Wildman–Crippen LogP) is 3.11. The Morgan fingerprint density at radius 2 is 2.30 bits per heavy atom. The number of nitrogens with one attached hydrogen (secondary N) is 2. The lowest BCUT2D eigenvalue weighted by molar-refractivity contribution is 0.130. The number of aryl methyl sites for hydroxylation is 1. The van der Waals surface area contributed by atoms with E-state index in [2.05, 4.69) is 27.8 Å². The number of carbonyl (C=O) groups excluding carboxylic acids is 1. The van der Waals surface area contributed by atoms with Crippen molar-refractivity contribution in [3.05, 3.63) is 29.2 Å². The number of unbranched alkanes of at least 4 members (excludes halogenated alkanes) is 1. The third-order valence-electron chi connectivity index (χ3n) is 3.26. The minimum atomic E-state index is -0.748. The van der Waals surface area contributed by atoms with Crippen LogP contribution in [0.3, 0.4) is 0 Å². The number of urea groups is 1. The number of aromatic nitrogens is 2. The third kappa shape index (κ3) is 5.65. The fourth-order valence-corrected chi connectivity index (χ4v) is 2.86. The van der Waals surface area contributed by atoms with Crippen LogP contribution in [0.5, 0.6) is 0 Å². The zero-order valence-electron chi connectivity index (χ0n) is 13.3. The number of amides is 2. The molecule has 0 aliphatic carbocycles. The van der Waals surface area contributed by atoms with Gasteiger partial charge in [-0.2, -0.15) is 0 Å². The monoisotopic (exact) mass is 338 g/mol. The molecule has 2 atom stereocenters. The number of furan rings is 1. The van der Waals surface area contributed by atoms with Crippen LogP contribution in [0.25, 0.3) is 0 Å². The van der Waals surface area contributed by atoms with Crippen molar-refractivity contribution in [3.63, 3.8) is 0 Å². The lowest BCUT2D eigenvalue weighted by Gasteiger charge is -2.16. The largest absolute Gasteiger partial charge is 0.467 e. The SMILES string of the molecule is CCCCc1nnc(NC(=O)N[C@H](C)C[C@H](O)c2ccco2)s1. The van der Waals surface area contributed by atoms with Gasteiger partial charge in [-0.3, -0.25) is 5.32 Å². The molecule has 7 nitrogen and oxygen atoms in total. The molecule has 2 amide bonds. The fraction of sp³-hybridized carbons (Fsp3) is 0.533. The zero-order chi connectivity index (χ0) is 16.7. The Bertz CT molecular complexity index is 600. The Morgan fingerprint density at radius 3 is 3.00 bits per heavy atom. The molecular formula is C15H22N4O3S. The summed E-state index contributed by atoms with van der Waals surface area (Å²) in [5.74, 6) is 0.490. The minimum absolute atomic E-state index is 0.220. The lowest BCUT2D eigenvalue weighted by Crippen LogP contribution is -2.37. The van der Waals surface area contributed by atoms with Crippen LogP contribution in [0, 0.1) is 0 Å². The van der Waals surface area contributed by atoms with Crippen molar-refractivity contribution >= 4 is 22.5 Å². The summed E-state index contributed by atoms with van der Waals surface area (Å²) in [6.07, 6.45) is 4.15. The van der Waals surface area contributed by atoms with Crippen LogP contribution >= 0.6 is 11.3 Å². The van der Waals surface area contributed by atoms with E-state index >= 15 is 0 Å². The molecular weight excluding hydrogens is 316 g/mol. The molecule has 23 heavy (non-hydrogen) atoms. The molecule has 0 saturated heterocycles. The van der Waals surface area contributed by atoms with Crippen molar-refractivity contribution in [1.29, 1.82) is 0 Å². The second-order valence-corrected chi connectivity index (χ2v) is 6.43. The fourth-order valence-electron chi connectivity index (χ4n) is 2.08. The molecule has 2 aromatic rings. The highest BCUT2D eigenvalue weighted by atomic mass is 32.1. The first-order valence-electron chi connectivity index (χ1n) is 7.69. The van der Waals surface area contributed by atoms with Crippen molar-refractivity contribution in [1.82, 2.24) is 15.5 Å². The third-order valence-corrected chi connectivity index (χ3v) is 4.16. The number of anilines is 1. The Kier molecular flexibility index (Phi) is 6.54. The van der Waals surface area contributed by atoms with Gasteiger partial charge in [-0.05, 0) is 25.5 Å². The molecule has 2 heterocycles. The van der Waals surface area contributed by atoms with Crippen LogP contribution in [0.1, 0.15) is 50.0 Å². The van der Waals surface area contributed by atoms with Gasteiger partial charge >= 0.3 is 6.03 Å². The van der Waals surface area contributed by atoms with Crippen molar-refractivity contribution in [2.24, 2.45) is 0 Å². The molecule has 0 saturated carbocycles. The second-order valence-electron chi connectivity index (χ2n) is 5.37. The van der Waals surface area contributed by atoms with E-state index in [1.54, 1.807) is 12.1 Å². The maximum absolute atomic E-state index is 11.9. The standard InChI is InChI=1S/C15H22N4O3S/c1-3-4-7-13-18-19-15(23-13)17-14(21)16-10(2)9-11(20)12-6-5-8-22-12/h5-6,8,10-11,20H,3-4,7,9H2,1-2H3,(H2,16,17,19,21)/t10-,11+/m1/s1. The summed E-state index contributed by atoms with van der Waals surface area (Å²) in [6, 6.07) is 2.84. The van der Waals surface area contributed by atoms with Gasteiger partial charge in [0.15, 0.2) is 0 Å². The molecule has 3 N–H and O–H groups in total. The van der Waals surface area contributed by atoms with Gasteiger partial charge in [-0.25, -0.2) is 4.79 Å². The van der Waals surface area contributed by atoms with E-state index in [-0.39, 0.29) is 12.1 Å². The Hall–Kier alpha value is -1.93. The van der Waals surface area contributed by atoms with E-state index in [0.29, 0.717) is 17.3 Å². The Balaban J connectivity index is 1.76. The molecule has 0 spiro atoms. The molecule has 2 aromatic heterocycles. The van der Waals surface area contributed by atoms with Gasteiger partial charge in [-0.15, -0.1) is 10.2 Å². The van der Waals surface area contributed by atoms with Crippen LogP contribution in [-0.4, -0.2) is 27.4 Å². The van der Waals surface area contributed by atoms with Gasteiger partial charge in [0.25, 0.3) is 0 Å². The van der Waals surface area contributed by atoms with E-state index in [1.165, 1.54) is 17.6 Å².